The summed E-state index contributed by atoms with van der Waals surface area (Å²) in [6.07, 6.45) is 3.62. The number of hydrogen-bond donors (Lipinski definition) is 1. The molecule has 1 N–H and O–H groups in total. The molecule has 7 nitrogen and oxygen atoms in total. The molecule has 7 heteroatoms. The summed E-state index contributed by atoms with van der Waals surface area (Å²) >= 11 is 0. The van der Waals surface area contributed by atoms with Crippen molar-refractivity contribution in [1.29, 1.82) is 0 Å². The largest absolute Gasteiger partial charge is 0.508 e. The number of benzene rings is 1. The first-order chi connectivity index (χ1) is 13.0. The first-order valence-electron chi connectivity index (χ1n) is 9.66. The monoisotopic (exact) mass is 374 g/mol. The lowest BCUT2D eigenvalue weighted by Crippen LogP contribution is -2.67. The maximum absolute atomic E-state index is 12.5. The summed E-state index contributed by atoms with van der Waals surface area (Å²) in [6, 6.07) is 6.38. The average molecular weight is 374 g/mol. The summed E-state index contributed by atoms with van der Waals surface area (Å²) in [4.78, 5) is 28.3. The van der Waals surface area contributed by atoms with Crippen LogP contribution in [0.15, 0.2) is 24.3 Å². The van der Waals surface area contributed by atoms with Crippen molar-refractivity contribution in [1.82, 2.24) is 9.80 Å². The molecule has 2 amide bonds. The fraction of sp³-hybridized carbons (Fsp3) is 0.600. The summed E-state index contributed by atoms with van der Waals surface area (Å²) < 4.78 is 11.8. The van der Waals surface area contributed by atoms with E-state index in [0.717, 1.165) is 32.4 Å². The Morgan fingerprint density at radius 1 is 1.22 bits per heavy atom. The van der Waals surface area contributed by atoms with Gasteiger partial charge in [-0.05, 0) is 37.5 Å². The number of hydrogen-bond acceptors (Lipinski definition) is 5. The lowest BCUT2D eigenvalue weighted by Gasteiger charge is -2.53. The minimum absolute atomic E-state index is 0.0108. The van der Waals surface area contributed by atoms with Crippen LogP contribution >= 0.6 is 0 Å². The zero-order valence-electron chi connectivity index (χ0n) is 15.4. The maximum Gasteiger partial charge on any atom is 0.254 e. The second kappa shape index (κ2) is 7.48. The van der Waals surface area contributed by atoms with Crippen LogP contribution in [-0.2, 0) is 14.3 Å². The standard InChI is InChI=1S/C20H26N2O5/c23-16-5-3-4-15(10-16)19(25)22-13-20(14-22)11-17(6-9-27-20)26-12-18(24)21-7-1-2-8-21/h3-5,10,17,23H,1-2,6-9,11-14H2/t17-/m1/s1. The molecule has 0 saturated carbocycles. The van der Waals surface area contributed by atoms with Crippen LogP contribution in [-0.4, -0.2) is 77.8 Å². The van der Waals surface area contributed by atoms with Crippen molar-refractivity contribution in [3.63, 3.8) is 0 Å². The number of carbonyl (C=O) groups is 2. The molecular weight excluding hydrogens is 348 g/mol. The summed E-state index contributed by atoms with van der Waals surface area (Å²) in [7, 11) is 0. The van der Waals surface area contributed by atoms with Gasteiger partial charge < -0.3 is 24.4 Å². The molecule has 146 valence electrons. The zero-order chi connectivity index (χ0) is 18.9. The van der Waals surface area contributed by atoms with Gasteiger partial charge >= 0.3 is 0 Å². The molecule has 0 unspecified atom stereocenters. The highest BCUT2D eigenvalue weighted by Gasteiger charge is 2.49. The highest BCUT2D eigenvalue weighted by atomic mass is 16.5. The van der Waals surface area contributed by atoms with Crippen LogP contribution in [0.3, 0.4) is 0 Å². The number of carbonyl (C=O) groups excluding carboxylic acids is 2. The second-order valence-electron chi connectivity index (χ2n) is 7.76. The zero-order valence-corrected chi connectivity index (χ0v) is 15.4. The van der Waals surface area contributed by atoms with E-state index in [0.29, 0.717) is 31.7 Å². The lowest BCUT2D eigenvalue weighted by molar-refractivity contribution is -0.188. The van der Waals surface area contributed by atoms with E-state index in [4.69, 9.17) is 9.47 Å². The van der Waals surface area contributed by atoms with Crippen LogP contribution in [0, 0.1) is 0 Å². The predicted molar refractivity (Wildman–Crippen MR) is 97.5 cm³/mol. The maximum atomic E-state index is 12.5. The van der Waals surface area contributed by atoms with Gasteiger partial charge in [0.25, 0.3) is 5.91 Å². The summed E-state index contributed by atoms with van der Waals surface area (Å²) in [6.45, 7) is 3.42. The third kappa shape index (κ3) is 3.94. The van der Waals surface area contributed by atoms with E-state index in [1.54, 1.807) is 23.1 Å². The first-order valence-corrected chi connectivity index (χ1v) is 9.66. The third-order valence-electron chi connectivity index (χ3n) is 5.69. The van der Waals surface area contributed by atoms with Gasteiger partial charge in [0.1, 0.15) is 18.0 Å². The second-order valence-corrected chi connectivity index (χ2v) is 7.76. The minimum atomic E-state index is -0.369. The summed E-state index contributed by atoms with van der Waals surface area (Å²) in [5, 5.41) is 9.55. The molecule has 1 aromatic rings. The molecule has 1 aromatic carbocycles. The van der Waals surface area contributed by atoms with Gasteiger partial charge in [-0.15, -0.1) is 0 Å². The number of likely N-dealkylation sites (tertiary alicyclic amines) is 2. The Balaban J connectivity index is 1.27. The average Bonchev–Trinajstić information content (AvgIpc) is 3.18. The molecule has 27 heavy (non-hydrogen) atoms. The Hall–Kier alpha value is -2.12. The predicted octanol–water partition coefficient (Wildman–Crippen LogP) is 1.40. The Morgan fingerprint density at radius 2 is 2.00 bits per heavy atom. The summed E-state index contributed by atoms with van der Waals surface area (Å²) in [5.74, 6) is 0.0517. The van der Waals surface area contributed by atoms with Crippen molar-refractivity contribution in [2.24, 2.45) is 0 Å². The molecule has 4 rings (SSSR count). The van der Waals surface area contributed by atoms with Gasteiger partial charge in [0.15, 0.2) is 0 Å². The van der Waals surface area contributed by atoms with E-state index in [9.17, 15) is 14.7 Å². The van der Waals surface area contributed by atoms with Gasteiger partial charge in [-0.1, -0.05) is 6.07 Å². The van der Waals surface area contributed by atoms with Crippen molar-refractivity contribution in [2.45, 2.75) is 37.4 Å². The molecule has 0 radical (unpaired) electrons. The van der Waals surface area contributed by atoms with Crippen molar-refractivity contribution < 1.29 is 24.2 Å². The van der Waals surface area contributed by atoms with E-state index in [1.807, 2.05) is 4.90 Å². The molecule has 3 saturated heterocycles. The molecule has 3 aliphatic rings. The van der Waals surface area contributed by atoms with Gasteiger partial charge in [0, 0.05) is 31.7 Å². The molecule has 0 aliphatic carbocycles. The Labute approximate surface area is 158 Å². The molecule has 3 fully saturated rings. The van der Waals surface area contributed by atoms with Crippen LogP contribution in [0.1, 0.15) is 36.0 Å². The van der Waals surface area contributed by atoms with Crippen LogP contribution in [0.5, 0.6) is 5.75 Å². The topological polar surface area (TPSA) is 79.3 Å². The number of ether oxygens (including phenoxy) is 2. The number of rotatable bonds is 4. The smallest absolute Gasteiger partial charge is 0.254 e. The van der Waals surface area contributed by atoms with Gasteiger partial charge in [-0.25, -0.2) is 0 Å². The number of phenolic OH excluding ortho intramolecular Hbond substituents is 1. The third-order valence-corrected chi connectivity index (χ3v) is 5.69. The first kappa shape index (κ1) is 18.3. The molecule has 3 aliphatic heterocycles. The molecular formula is C20H26N2O5. The van der Waals surface area contributed by atoms with Gasteiger partial charge in [0.05, 0.1) is 19.2 Å². The van der Waals surface area contributed by atoms with E-state index in [-0.39, 0.29) is 35.9 Å². The molecule has 1 atom stereocenters. The van der Waals surface area contributed by atoms with Crippen molar-refractivity contribution in [3.8, 4) is 5.75 Å². The minimum Gasteiger partial charge on any atom is -0.508 e. The molecule has 1 spiro atoms. The quantitative estimate of drug-likeness (QED) is 0.862. The highest BCUT2D eigenvalue weighted by Crippen LogP contribution is 2.36. The number of phenols is 1. The fourth-order valence-corrected chi connectivity index (χ4v) is 4.21. The van der Waals surface area contributed by atoms with E-state index < -0.39 is 0 Å². The van der Waals surface area contributed by atoms with E-state index in [1.165, 1.54) is 6.07 Å². The number of nitrogens with zero attached hydrogens (tertiary/aromatic N) is 2. The Bertz CT molecular complexity index is 710. The lowest BCUT2D eigenvalue weighted by atomic mass is 9.84. The van der Waals surface area contributed by atoms with Gasteiger partial charge in [0.2, 0.25) is 5.91 Å². The van der Waals surface area contributed by atoms with Crippen molar-refractivity contribution in [2.75, 3.05) is 39.4 Å². The Morgan fingerprint density at radius 3 is 2.74 bits per heavy atom. The van der Waals surface area contributed by atoms with E-state index >= 15 is 0 Å². The van der Waals surface area contributed by atoms with Crippen LogP contribution < -0.4 is 0 Å². The number of aromatic hydroxyl groups is 1. The van der Waals surface area contributed by atoms with E-state index in [2.05, 4.69) is 0 Å². The van der Waals surface area contributed by atoms with Crippen molar-refractivity contribution in [3.05, 3.63) is 29.8 Å². The summed E-state index contributed by atoms with van der Waals surface area (Å²) in [5.41, 5.74) is 0.108. The number of amides is 2. The van der Waals surface area contributed by atoms with Crippen LogP contribution in [0.4, 0.5) is 0 Å². The molecule has 3 heterocycles. The fourth-order valence-electron chi connectivity index (χ4n) is 4.21. The highest BCUT2D eigenvalue weighted by molar-refractivity contribution is 5.95. The Kier molecular flexibility index (Phi) is 5.06. The van der Waals surface area contributed by atoms with Gasteiger partial charge in [-0.3, -0.25) is 9.59 Å². The normalized spacial score (nSPS) is 24.1. The van der Waals surface area contributed by atoms with Crippen LogP contribution in [0.25, 0.3) is 0 Å². The molecule has 0 bridgehead atoms. The SMILES string of the molecule is O=C(CO[C@@H]1CCOC2(C1)CN(C(=O)c1cccc(O)c1)C2)N1CCCC1. The van der Waals surface area contributed by atoms with Gasteiger partial charge in [-0.2, -0.15) is 0 Å². The van der Waals surface area contributed by atoms with Crippen LogP contribution in [0.2, 0.25) is 0 Å². The molecule has 0 aromatic heterocycles. The van der Waals surface area contributed by atoms with Crippen molar-refractivity contribution >= 4 is 11.8 Å².